The Labute approximate surface area is 139 Å². The summed E-state index contributed by atoms with van der Waals surface area (Å²) in [5.41, 5.74) is -0.0422. The zero-order valence-electron chi connectivity index (χ0n) is 13.0. The van der Waals surface area contributed by atoms with Crippen molar-refractivity contribution < 1.29 is 9.90 Å². The van der Waals surface area contributed by atoms with Crippen LogP contribution in [0.25, 0.3) is 0 Å². The van der Waals surface area contributed by atoms with Crippen molar-refractivity contribution in [1.82, 2.24) is 15.3 Å². The molecular weight excluding hydrogens is 312 g/mol. The summed E-state index contributed by atoms with van der Waals surface area (Å²) in [5.74, 6) is 0.684. The van der Waals surface area contributed by atoms with E-state index in [1.165, 1.54) is 17.7 Å². The van der Waals surface area contributed by atoms with Crippen molar-refractivity contribution in [3.63, 3.8) is 0 Å². The first-order chi connectivity index (χ1) is 11.1. The molecule has 0 aliphatic carbocycles. The topological polar surface area (TPSA) is 78.4 Å². The lowest BCUT2D eigenvalue weighted by molar-refractivity contribution is 0.0255. The van der Waals surface area contributed by atoms with Crippen molar-refractivity contribution in [3.05, 3.63) is 40.5 Å². The van der Waals surface area contributed by atoms with Gasteiger partial charge in [0.05, 0.1) is 10.5 Å². The normalized spacial score (nSPS) is 21.2. The number of β-amino-alcohol motifs (C(OH)–C–C–N with tert-alkyl or cyclic N) is 1. The van der Waals surface area contributed by atoms with Crippen LogP contribution in [-0.4, -0.2) is 46.2 Å². The highest BCUT2D eigenvalue weighted by molar-refractivity contribution is 7.12. The molecule has 0 aromatic carbocycles. The number of carbonyl (C=O) groups is 1. The summed E-state index contributed by atoms with van der Waals surface area (Å²) < 4.78 is 0. The molecule has 1 amide bonds. The second-order valence-electron chi connectivity index (χ2n) is 5.93. The summed E-state index contributed by atoms with van der Waals surface area (Å²) in [4.78, 5) is 23.1. The van der Waals surface area contributed by atoms with E-state index in [1.807, 2.05) is 24.4 Å². The van der Waals surface area contributed by atoms with Gasteiger partial charge in [0.15, 0.2) is 0 Å². The average molecular weight is 332 g/mol. The smallest absolute Gasteiger partial charge is 0.261 e. The molecule has 0 radical (unpaired) electrons. The number of aliphatic hydroxyl groups is 1. The molecule has 0 spiro atoms. The molecule has 6 nitrogen and oxygen atoms in total. The number of nitrogens with zero attached hydrogens (tertiary/aromatic N) is 3. The third-order valence-corrected chi connectivity index (χ3v) is 4.86. The molecule has 122 valence electrons. The number of hydrogen-bond acceptors (Lipinski definition) is 6. The zero-order valence-corrected chi connectivity index (χ0v) is 13.8. The maximum absolute atomic E-state index is 12.0. The number of piperidine rings is 1. The summed E-state index contributed by atoms with van der Waals surface area (Å²) in [5, 5.41) is 15.5. The summed E-state index contributed by atoms with van der Waals surface area (Å²) in [6.07, 6.45) is 3.06. The van der Waals surface area contributed by atoms with Crippen LogP contribution in [0.15, 0.2) is 29.9 Å². The van der Waals surface area contributed by atoms with Crippen molar-refractivity contribution in [3.8, 4) is 0 Å². The van der Waals surface area contributed by atoms with E-state index in [9.17, 15) is 9.90 Å². The van der Waals surface area contributed by atoms with Crippen LogP contribution in [0.1, 0.15) is 28.2 Å². The highest BCUT2D eigenvalue weighted by Gasteiger charge is 2.34. The van der Waals surface area contributed by atoms with E-state index < -0.39 is 5.60 Å². The molecule has 1 aliphatic heterocycles. The molecule has 1 fully saturated rings. The van der Waals surface area contributed by atoms with Gasteiger partial charge in [-0.05, 0) is 31.2 Å². The van der Waals surface area contributed by atoms with Gasteiger partial charge in [-0.2, -0.15) is 0 Å². The van der Waals surface area contributed by atoms with E-state index in [2.05, 4.69) is 20.2 Å². The molecule has 2 N–H and O–H groups in total. The average Bonchev–Trinajstić information content (AvgIpc) is 3.07. The maximum Gasteiger partial charge on any atom is 0.261 e. The van der Waals surface area contributed by atoms with Crippen LogP contribution in [0.3, 0.4) is 0 Å². The second-order valence-corrected chi connectivity index (χ2v) is 6.87. The molecule has 3 heterocycles. The minimum atomic E-state index is -0.940. The van der Waals surface area contributed by atoms with Gasteiger partial charge in [0.2, 0.25) is 0 Å². The minimum Gasteiger partial charge on any atom is -0.386 e. The number of amides is 1. The van der Waals surface area contributed by atoms with E-state index in [1.54, 1.807) is 6.07 Å². The fourth-order valence-electron chi connectivity index (χ4n) is 2.81. The lowest BCUT2D eigenvalue weighted by Crippen LogP contribution is -2.54. The first kappa shape index (κ1) is 15.9. The van der Waals surface area contributed by atoms with Gasteiger partial charge in [-0.3, -0.25) is 4.79 Å². The predicted molar refractivity (Wildman–Crippen MR) is 89.8 cm³/mol. The third kappa shape index (κ3) is 3.86. The second kappa shape index (κ2) is 6.64. The Bertz CT molecular complexity index is 676. The van der Waals surface area contributed by atoms with Crippen molar-refractivity contribution in [1.29, 1.82) is 0 Å². The SMILES string of the molecule is Cc1cc(N2CCCC(O)(CNC(=O)c3cccs3)C2)ncn1. The highest BCUT2D eigenvalue weighted by Crippen LogP contribution is 2.24. The number of rotatable bonds is 4. The minimum absolute atomic E-state index is 0.136. The van der Waals surface area contributed by atoms with Crippen molar-refractivity contribution in [2.75, 3.05) is 24.5 Å². The quantitative estimate of drug-likeness (QED) is 0.889. The van der Waals surface area contributed by atoms with Crippen molar-refractivity contribution in [2.45, 2.75) is 25.4 Å². The molecular formula is C16H20N4O2S. The van der Waals surface area contributed by atoms with E-state index in [0.29, 0.717) is 17.8 Å². The van der Waals surface area contributed by atoms with Crippen molar-refractivity contribution in [2.24, 2.45) is 0 Å². The van der Waals surface area contributed by atoms with Gasteiger partial charge in [0.25, 0.3) is 5.91 Å². The standard InChI is InChI=1S/C16H20N4O2S/c1-12-8-14(19-11-18-12)20-6-3-5-16(22,10-20)9-17-15(21)13-4-2-7-23-13/h2,4,7-8,11,22H,3,5-6,9-10H2,1H3,(H,17,21). The molecule has 2 aromatic heterocycles. The summed E-state index contributed by atoms with van der Waals surface area (Å²) in [7, 11) is 0. The largest absolute Gasteiger partial charge is 0.386 e. The van der Waals surface area contributed by atoms with Gasteiger partial charge in [-0.1, -0.05) is 6.07 Å². The molecule has 1 atom stereocenters. The number of aromatic nitrogens is 2. The van der Waals surface area contributed by atoms with Gasteiger partial charge in [-0.25, -0.2) is 9.97 Å². The monoisotopic (exact) mass is 332 g/mol. The van der Waals surface area contributed by atoms with E-state index >= 15 is 0 Å². The van der Waals surface area contributed by atoms with Gasteiger partial charge >= 0.3 is 0 Å². The number of anilines is 1. The number of thiophene rings is 1. The van der Waals surface area contributed by atoms with Crippen LogP contribution in [0.5, 0.6) is 0 Å². The Kier molecular flexibility index (Phi) is 4.58. The van der Waals surface area contributed by atoms with Gasteiger partial charge in [0, 0.05) is 31.4 Å². The van der Waals surface area contributed by atoms with Crippen molar-refractivity contribution >= 4 is 23.1 Å². The Hall–Kier alpha value is -1.99. The lowest BCUT2D eigenvalue weighted by Gasteiger charge is -2.39. The van der Waals surface area contributed by atoms with Gasteiger partial charge in [-0.15, -0.1) is 11.3 Å². The lowest BCUT2D eigenvalue weighted by atomic mass is 9.92. The molecule has 3 rings (SSSR count). The van der Waals surface area contributed by atoms with Crippen LogP contribution in [-0.2, 0) is 0 Å². The summed E-state index contributed by atoms with van der Waals surface area (Å²) in [6, 6.07) is 5.53. The first-order valence-corrected chi connectivity index (χ1v) is 8.51. The van der Waals surface area contributed by atoms with Gasteiger partial charge in [0.1, 0.15) is 12.1 Å². The van der Waals surface area contributed by atoms with Crippen LogP contribution in [0.2, 0.25) is 0 Å². The molecule has 1 saturated heterocycles. The van der Waals surface area contributed by atoms with E-state index in [0.717, 1.165) is 24.5 Å². The molecule has 7 heteroatoms. The summed E-state index contributed by atoms with van der Waals surface area (Å²) >= 11 is 1.39. The molecule has 1 unspecified atom stereocenters. The van der Waals surface area contributed by atoms with Crippen LogP contribution < -0.4 is 10.2 Å². The number of hydrogen-bond donors (Lipinski definition) is 2. The maximum atomic E-state index is 12.0. The van der Waals surface area contributed by atoms with E-state index in [-0.39, 0.29) is 12.5 Å². The Morgan fingerprint density at radius 1 is 1.52 bits per heavy atom. The van der Waals surface area contributed by atoms with Crippen LogP contribution >= 0.6 is 11.3 Å². The summed E-state index contributed by atoms with van der Waals surface area (Å²) in [6.45, 7) is 3.46. The Morgan fingerprint density at radius 2 is 2.39 bits per heavy atom. The molecule has 1 aliphatic rings. The predicted octanol–water partition coefficient (Wildman–Crippen LogP) is 1.61. The first-order valence-electron chi connectivity index (χ1n) is 7.63. The number of aryl methyl sites for hydroxylation is 1. The molecule has 0 bridgehead atoms. The van der Waals surface area contributed by atoms with Crippen LogP contribution in [0.4, 0.5) is 5.82 Å². The number of carbonyl (C=O) groups excluding carboxylic acids is 1. The van der Waals surface area contributed by atoms with Crippen LogP contribution in [0, 0.1) is 6.92 Å². The zero-order chi connectivity index (χ0) is 16.3. The van der Waals surface area contributed by atoms with Gasteiger partial charge < -0.3 is 15.3 Å². The fourth-order valence-corrected chi connectivity index (χ4v) is 3.45. The molecule has 2 aromatic rings. The molecule has 23 heavy (non-hydrogen) atoms. The third-order valence-electron chi connectivity index (χ3n) is 3.99. The number of nitrogens with one attached hydrogen (secondary N) is 1. The highest BCUT2D eigenvalue weighted by atomic mass is 32.1. The molecule has 0 saturated carbocycles. The Morgan fingerprint density at radius 3 is 3.13 bits per heavy atom. The van der Waals surface area contributed by atoms with E-state index in [4.69, 9.17) is 0 Å². The fraction of sp³-hybridized carbons (Fsp3) is 0.438. The Balaban J connectivity index is 1.63.